The van der Waals surface area contributed by atoms with Crippen LogP contribution in [0.2, 0.25) is 5.02 Å². The van der Waals surface area contributed by atoms with Gasteiger partial charge in [-0.3, -0.25) is 4.79 Å². The summed E-state index contributed by atoms with van der Waals surface area (Å²) in [5.41, 5.74) is 1.19. The largest absolute Gasteiger partial charge is 0.506 e. The zero-order valence-corrected chi connectivity index (χ0v) is 7.64. The number of aryl methyl sites for hydroxylation is 1. The van der Waals surface area contributed by atoms with E-state index in [1.165, 1.54) is 13.0 Å². The molecule has 0 aromatic heterocycles. The first kappa shape index (κ1) is 9.07. The molecule has 0 fully saturated rings. The molecule has 1 N–H and O–H groups in total. The van der Waals surface area contributed by atoms with Crippen LogP contribution >= 0.6 is 11.6 Å². The predicted molar refractivity (Wildman–Crippen MR) is 47.9 cm³/mol. The van der Waals surface area contributed by atoms with Crippen LogP contribution in [0.5, 0.6) is 5.75 Å². The second-order valence-electron chi connectivity index (χ2n) is 2.68. The van der Waals surface area contributed by atoms with Crippen LogP contribution < -0.4 is 0 Å². The summed E-state index contributed by atoms with van der Waals surface area (Å²) < 4.78 is 0. The Kier molecular flexibility index (Phi) is 2.38. The van der Waals surface area contributed by atoms with Gasteiger partial charge in [0.2, 0.25) is 0 Å². The molecule has 0 unspecified atom stereocenters. The molecule has 0 aliphatic carbocycles. The van der Waals surface area contributed by atoms with Crippen molar-refractivity contribution in [2.24, 2.45) is 0 Å². The summed E-state index contributed by atoms with van der Waals surface area (Å²) in [6.45, 7) is 3.19. The molecular weight excluding hydrogens is 176 g/mol. The van der Waals surface area contributed by atoms with Crippen molar-refractivity contribution in [1.82, 2.24) is 0 Å². The maximum Gasteiger partial charge on any atom is 0.159 e. The van der Waals surface area contributed by atoms with E-state index in [-0.39, 0.29) is 11.5 Å². The standard InChI is InChI=1S/C9H9ClO2/c1-5-3-7(6(2)11)4-8(12)9(5)10/h3-4,12H,1-2H3. The van der Waals surface area contributed by atoms with E-state index in [0.717, 1.165) is 0 Å². The van der Waals surface area contributed by atoms with Crippen LogP contribution in [-0.4, -0.2) is 10.9 Å². The van der Waals surface area contributed by atoms with Gasteiger partial charge in [0, 0.05) is 5.56 Å². The van der Waals surface area contributed by atoms with E-state index in [1.807, 2.05) is 0 Å². The fourth-order valence-corrected chi connectivity index (χ4v) is 1.06. The molecule has 1 aromatic rings. The molecule has 0 radical (unpaired) electrons. The van der Waals surface area contributed by atoms with Crippen molar-refractivity contribution in [2.75, 3.05) is 0 Å². The number of Topliss-reactive ketones (excluding diaryl/α,β-unsaturated/α-hetero) is 1. The molecule has 0 atom stereocenters. The van der Waals surface area contributed by atoms with Crippen LogP contribution in [0.25, 0.3) is 0 Å². The lowest BCUT2D eigenvalue weighted by Gasteiger charge is -2.03. The molecule has 0 aliphatic rings. The SMILES string of the molecule is CC(=O)c1cc(C)c(Cl)c(O)c1. The van der Waals surface area contributed by atoms with Crippen LogP contribution in [0.3, 0.4) is 0 Å². The Labute approximate surface area is 75.8 Å². The topological polar surface area (TPSA) is 37.3 Å². The minimum absolute atomic E-state index is 0.0399. The third-order valence-corrected chi connectivity index (χ3v) is 2.13. The summed E-state index contributed by atoms with van der Waals surface area (Å²) in [7, 11) is 0. The summed E-state index contributed by atoms with van der Waals surface area (Å²) in [4.78, 5) is 10.9. The summed E-state index contributed by atoms with van der Waals surface area (Å²) in [6.07, 6.45) is 0. The summed E-state index contributed by atoms with van der Waals surface area (Å²) >= 11 is 5.69. The highest BCUT2D eigenvalue weighted by molar-refractivity contribution is 6.32. The van der Waals surface area contributed by atoms with E-state index in [0.29, 0.717) is 16.1 Å². The Morgan fingerprint density at radius 3 is 2.50 bits per heavy atom. The zero-order chi connectivity index (χ0) is 9.30. The number of phenols is 1. The zero-order valence-electron chi connectivity index (χ0n) is 6.89. The fraction of sp³-hybridized carbons (Fsp3) is 0.222. The quantitative estimate of drug-likeness (QED) is 0.682. The summed E-state index contributed by atoms with van der Waals surface area (Å²) in [5, 5.41) is 9.55. The number of hydrogen-bond donors (Lipinski definition) is 1. The maximum absolute atomic E-state index is 10.9. The lowest BCUT2D eigenvalue weighted by molar-refractivity contribution is 0.101. The molecule has 1 aromatic carbocycles. The van der Waals surface area contributed by atoms with Gasteiger partial charge in [0.1, 0.15) is 5.75 Å². The van der Waals surface area contributed by atoms with Crippen LogP contribution in [0.1, 0.15) is 22.8 Å². The second-order valence-corrected chi connectivity index (χ2v) is 3.06. The molecule has 12 heavy (non-hydrogen) atoms. The van der Waals surface area contributed by atoms with Crippen LogP contribution in [-0.2, 0) is 0 Å². The van der Waals surface area contributed by atoms with Crippen molar-refractivity contribution in [3.63, 3.8) is 0 Å². The highest BCUT2D eigenvalue weighted by Gasteiger charge is 2.06. The van der Waals surface area contributed by atoms with E-state index < -0.39 is 0 Å². The van der Waals surface area contributed by atoms with Crippen LogP contribution in [0, 0.1) is 6.92 Å². The minimum atomic E-state index is -0.0786. The van der Waals surface area contributed by atoms with Crippen molar-refractivity contribution in [3.8, 4) is 5.75 Å². The highest BCUT2D eigenvalue weighted by atomic mass is 35.5. The van der Waals surface area contributed by atoms with Crippen molar-refractivity contribution in [2.45, 2.75) is 13.8 Å². The number of phenolic OH excluding ortho intramolecular Hbond substituents is 1. The predicted octanol–water partition coefficient (Wildman–Crippen LogP) is 2.56. The van der Waals surface area contributed by atoms with Crippen molar-refractivity contribution in [3.05, 3.63) is 28.3 Å². The first-order chi connectivity index (χ1) is 5.52. The Balaban J connectivity index is 3.31. The lowest BCUT2D eigenvalue weighted by atomic mass is 10.1. The van der Waals surface area contributed by atoms with E-state index in [2.05, 4.69) is 0 Å². The fourth-order valence-electron chi connectivity index (χ4n) is 0.954. The highest BCUT2D eigenvalue weighted by Crippen LogP contribution is 2.28. The van der Waals surface area contributed by atoms with Gasteiger partial charge in [-0.1, -0.05) is 11.6 Å². The van der Waals surface area contributed by atoms with Gasteiger partial charge in [-0.2, -0.15) is 0 Å². The molecule has 0 spiro atoms. The Morgan fingerprint density at radius 2 is 2.08 bits per heavy atom. The van der Waals surface area contributed by atoms with Crippen LogP contribution in [0.15, 0.2) is 12.1 Å². The number of hydrogen-bond acceptors (Lipinski definition) is 2. The molecule has 0 amide bonds. The number of halogens is 1. The first-order valence-electron chi connectivity index (χ1n) is 3.52. The Morgan fingerprint density at radius 1 is 1.50 bits per heavy atom. The van der Waals surface area contributed by atoms with Gasteiger partial charge in [0.05, 0.1) is 5.02 Å². The second kappa shape index (κ2) is 3.15. The molecule has 0 bridgehead atoms. The van der Waals surface area contributed by atoms with Crippen molar-refractivity contribution in [1.29, 1.82) is 0 Å². The van der Waals surface area contributed by atoms with Gasteiger partial charge in [0.15, 0.2) is 5.78 Å². The number of aromatic hydroxyl groups is 1. The number of ketones is 1. The van der Waals surface area contributed by atoms with Gasteiger partial charge in [0.25, 0.3) is 0 Å². The molecule has 64 valence electrons. The summed E-state index contributed by atoms with van der Waals surface area (Å²) in [6, 6.07) is 3.03. The number of benzene rings is 1. The number of rotatable bonds is 1. The molecule has 0 saturated carbocycles. The van der Waals surface area contributed by atoms with E-state index >= 15 is 0 Å². The number of carbonyl (C=O) groups excluding carboxylic acids is 1. The Bertz CT molecular complexity index is 308. The average Bonchev–Trinajstić information content (AvgIpc) is 1.99. The number of carbonyl (C=O) groups is 1. The van der Waals surface area contributed by atoms with Crippen molar-refractivity contribution < 1.29 is 9.90 Å². The Hall–Kier alpha value is -1.02. The first-order valence-corrected chi connectivity index (χ1v) is 3.90. The average molecular weight is 185 g/mol. The monoisotopic (exact) mass is 184 g/mol. The molecule has 0 heterocycles. The lowest BCUT2D eigenvalue weighted by Crippen LogP contribution is -1.92. The third kappa shape index (κ3) is 1.59. The van der Waals surface area contributed by atoms with Gasteiger partial charge >= 0.3 is 0 Å². The third-order valence-electron chi connectivity index (χ3n) is 1.64. The van der Waals surface area contributed by atoms with E-state index in [9.17, 15) is 9.90 Å². The maximum atomic E-state index is 10.9. The van der Waals surface area contributed by atoms with Crippen LogP contribution in [0.4, 0.5) is 0 Å². The minimum Gasteiger partial charge on any atom is -0.506 e. The molecule has 0 saturated heterocycles. The molecule has 0 aliphatic heterocycles. The molecule has 1 rings (SSSR count). The van der Waals surface area contributed by atoms with Gasteiger partial charge in [-0.25, -0.2) is 0 Å². The smallest absolute Gasteiger partial charge is 0.159 e. The van der Waals surface area contributed by atoms with Crippen molar-refractivity contribution >= 4 is 17.4 Å². The molecule has 3 heteroatoms. The normalized spacial score (nSPS) is 9.92. The van der Waals surface area contributed by atoms with Gasteiger partial charge < -0.3 is 5.11 Å². The summed E-state index contributed by atoms with van der Waals surface area (Å²) in [5.74, 6) is -0.119. The van der Waals surface area contributed by atoms with E-state index in [4.69, 9.17) is 11.6 Å². The van der Waals surface area contributed by atoms with E-state index in [1.54, 1.807) is 13.0 Å². The van der Waals surface area contributed by atoms with Gasteiger partial charge in [-0.15, -0.1) is 0 Å². The van der Waals surface area contributed by atoms with Gasteiger partial charge in [-0.05, 0) is 31.5 Å². The molecule has 2 nitrogen and oxygen atoms in total. The molecular formula is C9H9ClO2.